The summed E-state index contributed by atoms with van der Waals surface area (Å²) < 4.78 is 0. The molecule has 0 aliphatic heterocycles. The highest BCUT2D eigenvalue weighted by Gasteiger charge is 2.18. The summed E-state index contributed by atoms with van der Waals surface area (Å²) in [7, 11) is 1.82. The molecule has 1 amide bonds. The number of nitrogens with two attached hydrogens (primary N) is 1. The number of nitrogens with zero attached hydrogens (tertiary/aromatic N) is 1. The summed E-state index contributed by atoms with van der Waals surface area (Å²) in [5.41, 5.74) is 7.05. The topological polar surface area (TPSA) is 46.3 Å². The Morgan fingerprint density at radius 2 is 1.71 bits per heavy atom. The summed E-state index contributed by atoms with van der Waals surface area (Å²) in [5, 5.41) is 0. The molecular weight excluding hydrogens is 236 g/mol. The number of rotatable bonds is 2. The van der Waals surface area contributed by atoms with Crippen LogP contribution in [0.15, 0.2) is 24.3 Å². The normalized spacial score (nSPS) is 10.6. The minimum absolute atomic E-state index is 0. The first-order valence-corrected chi connectivity index (χ1v) is 5.40. The lowest BCUT2D eigenvalue weighted by Gasteiger charge is -2.26. The van der Waals surface area contributed by atoms with Crippen molar-refractivity contribution in [3.05, 3.63) is 29.8 Å². The smallest absolute Gasteiger partial charge is 0.253 e. The number of benzene rings is 1. The summed E-state index contributed by atoms with van der Waals surface area (Å²) in [6, 6.07) is 7.02. The molecule has 3 nitrogen and oxygen atoms in total. The highest BCUT2D eigenvalue weighted by molar-refractivity contribution is 5.94. The van der Waals surface area contributed by atoms with Crippen LogP contribution in [0.4, 0.5) is 5.69 Å². The van der Waals surface area contributed by atoms with E-state index in [-0.39, 0.29) is 23.7 Å². The molecule has 0 unspecified atom stereocenters. The minimum Gasteiger partial charge on any atom is -0.399 e. The predicted molar refractivity (Wildman–Crippen MR) is 74.5 cm³/mol. The van der Waals surface area contributed by atoms with Gasteiger partial charge in [0.2, 0.25) is 0 Å². The van der Waals surface area contributed by atoms with Crippen molar-refractivity contribution >= 4 is 24.0 Å². The number of anilines is 1. The van der Waals surface area contributed by atoms with Crippen LogP contribution in [0.2, 0.25) is 0 Å². The molecule has 0 heterocycles. The van der Waals surface area contributed by atoms with E-state index in [9.17, 15) is 4.79 Å². The van der Waals surface area contributed by atoms with E-state index in [4.69, 9.17) is 5.73 Å². The van der Waals surface area contributed by atoms with Crippen LogP contribution in [0.25, 0.3) is 0 Å². The SMILES string of the molecule is CN(CC(C)(C)C)C(=O)c1ccc(N)cc1.Cl. The molecule has 0 radical (unpaired) electrons. The monoisotopic (exact) mass is 256 g/mol. The number of carbonyl (C=O) groups excluding carboxylic acids is 1. The van der Waals surface area contributed by atoms with Crippen LogP contribution in [-0.2, 0) is 0 Å². The second-order valence-electron chi connectivity index (χ2n) is 5.34. The Bertz CT molecular complexity index is 368. The van der Waals surface area contributed by atoms with Crippen molar-refractivity contribution in [2.75, 3.05) is 19.3 Å². The Labute approximate surface area is 109 Å². The number of amides is 1. The Hall–Kier alpha value is -1.22. The first-order chi connectivity index (χ1) is 7.29. The van der Waals surface area contributed by atoms with Crippen LogP contribution in [0.3, 0.4) is 0 Å². The van der Waals surface area contributed by atoms with Crippen molar-refractivity contribution in [2.45, 2.75) is 20.8 Å². The van der Waals surface area contributed by atoms with E-state index >= 15 is 0 Å². The van der Waals surface area contributed by atoms with Gasteiger partial charge in [0.15, 0.2) is 0 Å². The fourth-order valence-corrected chi connectivity index (χ4v) is 1.63. The lowest BCUT2D eigenvalue weighted by atomic mass is 9.96. The van der Waals surface area contributed by atoms with Crippen molar-refractivity contribution in [3.63, 3.8) is 0 Å². The van der Waals surface area contributed by atoms with Crippen LogP contribution in [-0.4, -0.2) is 24.4 Å². The summed E-state index contributed by atoms with van der Waals surface area (Å²) >= 11 is 0. The van der Waals surface area contributed by atoms with Crippen LogP contribution in [0.1, 0.15) is 31.1 Å². The number of hydrogen-bond donors (Lipinski definition) is 1. The van der Waals surface area contributed by atoms with Crippen molar-refractivity contribution in [2.24, 2.45) is 5.41 Å². The average Bonchev–Trinajstić information content (AvgIpc) is 2.15. The van der Waals surface area contributed by atoms with Crippen LogP contribution < -0.4 is 5.73 Å². The van der Waals surface area contributed by atoms with E-state index < -0.39 is 0 Å². The molecular formula is C13H21ClN2O. The van der Waals surface area contributed by atoms with Gasteiger partial charge in [-0.3, -0.25) is 4.79 Å². The van der Waals surface area contributed by atoms with E-state index in [1.54, 1.807) is 29.2 Å². The quantitative estimate of drug-likeness (QED) is 0.827. The van der Waals surface area contributed by atoms with Gasteiger partial charge in [-0.05, 0) is 29.7 Å². The molecule has 0 fully saturated rings. The molecule has 1 rings (SSSR count). The van der Waals surface area contributed by atoms with Gasteiger partial charge in [-0.25, -0.2) is 0 Å². The molecule has 17 heavy (non-hydrogen) atoms. The highest BCUT2D eigenvalue weighted by Crippen LogP contribution is 2.16. The fraction of sp³-hybridized carbons (Fsp3) is 0.462. The van der Waals surface area contributed by atoms with Crippen molar-refractivity contribution in [1.29, 1.82) is 0 Å². The van der Waals surface area contributed by atoms with Gasteiger partial charge in [-0.2, -0.15) is 0 Å². The maximum Gasteiger partial charge on any atom is 0.253 e. The maximum absolute atomic E-state index is 12.0. The number of carbonyl (C=O) groups is 1. The second-order valence-corrected chi connectivity index (χ2v) is 5.34. The van der Waals surface area contributed by atoms with Crippen molar-refractivity contribution < 1.29 is 4.79 Å². The summed E-state index contributed by atoms with van der Waals surface area (Å²) in [6.45, 7) is 7.06. The van der Waals surface area contributed by atoms with Gasteiger partial charge in [0.05, 0.1) is 0 Å². The third-order valence-corrected chi connectivity index (χ3v) is 2.22. The van der Waals surface area contributed by atoms with E-state index in [0.29, 0.717) is 11.3 Å². The average molecular weight is 257 g/mol. The molecule has 0 saturated heterocycles. The highest BCUT2D eigenvalue weighted by atomic mass is 35.5. The lowest BCUT2D eigenvalue weighted by molar-refractivity contribution is 0.0745. The van der Waals surface area contributed by atoms with Crippen LogP contribution in [0, 0.1) is 5.41 Å². The molecule has 0 aliphatic rings. The standard InChI is InChI=1S/C13H20N2O.ClH/c1-13(2,3)9-15(4)12(16)10-5-7-11(14)8-6-10;/h5-8H,9,14H2,1-4H3;1H. The number of nitrogen functional groups attached to an aromatic ring is 1. The lowest BCUT2D eigenvalue weighted by Crippen LogP contribution is -2.34. The van der Waals surface area contributed by atoms with Crippen molar-refractivity contribution in [3.8, 4) is 0 Å². The van der Waals surface area contributed by atoms with Gasteiger partial charge in [0, 0.05) is 24.8 Å². The van der Waals surface area contributed by atoms with Gasteiger partial charge < -0.3 is 10.6 Å². The zero-order valence-electron chi connectivity index (χ0n) is 10.9. The molecule has 0 bridgehead atoms. The third kappa shape index (κ3) is 5.09. The zero-order valence-corrected chi connectivity index (χ0v) is 11.7. The van der Waals surface area contributed by atoms with E-state index in [2.05, 4.69) is 20.8 Å². The molecule has 0 saturated carbocycles. The maximum atomic E-state index is 12.0. The Morgan fingerprint density at radius 3 is 2.12 bits per heavy atom. The molecule has 1 aromatic rings. The summed E-state index contributed by atoms with van der Waals surface area (Å²) in [6.07, 6.45) is 0. The molecule has 0 spiro atoms. The van der Waals surface area contributed by atoms with E-state index in [1.165, 1.54) is 0 Å². The molecule has 4 heteroatoms. The van der Waals surface area contributed by atoms with Gasteiger partial charge in [-0.15, -0.1) is 12.4 Å². The summed E-state index contributed by atoms with van der Waals surface area (Å²) in [5.74, 6) is 0.0370. The number of halogens is 1. The fourth-order valence-electron chi connectivity index (χ4n) is 1.63. The second kappa shape index (κ2) is 5.92. The first kappa shape index (κ1) is 15.8. The van der Waals surface area contributed by atoms with Gasteiger partial charge in [0.1, 0.15) is 0 Å². The largest absolute Gasteiger partial charge is 0.399 e. The van der Waals surface area contributed by atoms with Gasteiger partial charge >= 0.3 is 0 Å². The van der Waals surface area contributed by atoms with E-state index in [1.807, 2.05) is 7.05 Å². The molecule has 0 aromatic heterocycles. The van der Waals surface area contributed by atoms with Crippen LogP contribution >= 0.6 is 12.4 Å². The third-order valence-electron chi connectivity index (χ3n) is 2.22. The first-order valence-electron chi connectivity index (χ1n) is 5.40. The van der Waals surface area contributed by atoms with E-state index in [0.717, 1.165) is 6.54 Å². The molecule has 1 aromatic carbocycles. The molecule has 2 N–H and O–H groups in total. The Kier molecular flexibility index (Phi) is 5.49. The Balaban J connectivity index is 0.00000256. The molecule has 0 aliphatic carbocycles. The minimum atomic E-state index is 0. The van der Waals surface area contributed by atoms with Crippen molar-refractivity contribution in [1.82, 2.24) is 4.90 Å². The van der Waals surface area contributed by atoms with Gasteiger partial charge in [0.25, 0.3) is 5.91 Å². The number of hydrogen-bond acceptors (Lipinski definition) is 2. The predicted octanol–water partition coefficient (Wildman–Crippen LogP) is 2.81. The van der Waals surface area contributed by atoms with Gasteiger partial charge in [-0.1, -0.05) is 20.8 Å². The molecule has 0 atom stereocenters. The molecule has 96 valence electrons. The van der Waals surface area contributed by atoms with Crippen LogP contribution in [0.5, 0.6) is 0 Å². The Morgan fingerprint density at radius 1 is 1.24 bits per heavy atom. The zero-order chi connectivity index (χ0) is 12.3. The summed E-state index contributed by atoms with van der Waals surface area (Å²) in [4.78, 5) is 13.8.